The Bertz CT molecular complexity index is 1070. The van der Waals surface area contributed by atoms with E-state index >= 15 is 0 Å². The molecular formula is C18H16N6O3. The van der Waals surface area contributed by atoms with Crippen molar-refractivity contribution in [3.63, 3.8) is 0 Å². The molecule has 2 aromatic heterocycles. The molecule has 0 aliphatic carbocycles. The van der Waals surface area contributed by atoms with Crippen molar-refractivity contribution in [3.8, 4) is 17.1 Å². The first-order valence-electron chi connectivity index (χ1n) is 8.14. The van der Waals surface area contributed by atoms with Crippen molar-refractivity contribution >= 4 is 28.5 Å². The zero-order valence-corrected chi connectivity index (χ0v) is 14.4. The minimum absolute atomic E-state index is 0.132. The van der Waals surface area contributed by atoms with Gasteiger partial charge in [0.15, 0.2) is 12.4 Å². The second kappa shape index (κ2) is 7.16. The Kier molecular flexibility index (Phi) is 4.40. The molecule has 0 bridgehead atoms. The van der Waals surface area contributed by atoms with Crippen LogP contribution < -0.4 is 10.1 Å². The summed E-state index contributed by atoms with van der Waals surface area (Å²) in [6.07, 6.45) is 1.76. The largest absolute Gasteiger partial charge is 0.482 e. The molecule has 0 amide bonds. The number of nitrogens with one attached hydrogen (secondary N) is 3. The van der Waals surface area contributed by atoms with Gasteiger partial charge in [0, 0.05) is 16.6 Å². The van der Waals surface area contributed by atoms with Crippen molar-refractivity contribution in [3.05, 3.63) is 48.7 Å². The first kappa shape index (κ1) is 16.6. The van der Waals surface area contributed by atoms with Crippen molar-refractivity contribution in [2.24, 2.45) is 0 Å². The molecule has 27 heavy (non-hydrogen) atoms. The minimum Gasteiger partial charge on any atom is -0.482 e. The van der Waals surface area contributed by atoms with E-state index in [-0.39, 0.29) is 6.61 Å². The quantitative estimate of drug-likeness (QED) is 0.450. The SMILES string of the molecule is COC(=O)COc1ccc(-c2nnc(Nc3ccc4[nH]ncc4c3)[nH]2)cc1. The summed E-state index contributed by atoms with van der Waals surface area (Å²) in [4.78, 5) is 14.2. The molecule has 0 saturated carbocycles. The van der Waals surface area contributed by atoms with Crippen LogP contribution in [-0.2, 0) is 9.53 Å². The second-order valence-electron chi connectivity index (χ2n) is 5.71. The van der Waals surface area contributed by atoms with E-state index in [1.807, 2.05) is 30.3 Å². The van der Waals surface area contributed by atoms with Crippen LogP contribution in [0.4, 0.5) is 11.6 Å². The van der Waals surface area contributed by atoms with Gasteiger partial charge in [-0.15, -0.1) is 10.2 Å². The highest BCUT2D eigenvalue weighted by Gasteiger charge is 2.08. The molecule has 0 aliphatic heterocycles. The minimum atomic E-state index is -0.432. The third-order valence-electron chi connectivity index (χ3n) is 3.90. The Morgan fingerprint density at radius 1 is 1.15 bits per heavy atom. The van der Waals surface area contributed by atoms with Gasteiger partial charge in [-0.05, 0) is 42.5 Å². The Hall–Kier alpha value is -3.88. The lowest BCUT2D eigenvalue weighted by Crippen LogP contribution is -2.12. The number of benzene rings is 2. The molecule has 0 saturated heterocycles. The lowest BCUT2D eigenvalue weighted by Gasteiger charge is -2.05. The molecule has 3 N–H and O–H groups in total. The van der Waals surface area contributed by atoms with E-state index in [2.05, 4.69) is 35.4 Å². The highest BCUT2D eigenvalue weighted by Crippen LogP contribution is 2.22. The van der Waals surface area contributed by atoms with Crippen molar-refractivity contribution in [1.82, 2.24) is 25.4 Å². The van der Waals surface area contributed by atoms with Gasteiger partial charge in [-0.1, -0.05) is 0 Å². The van der Waals surface area contributed by atoms with Crippen LogP contribution in [0.1, 0.15) is 0 Å². The number of anilines is 2. The smallest absolute Gasteiger partial charge is 0.343 e. The van der Waals surface area contributed by atoms with Crippen LogP contribution in [0.15, 0.2) is 48.7 Å². The van der Waals surface area contributed by atoms with Crippen molar-refractivity contribution in [2.75, 3.05) is 19.0 Å². The third kappa shape index (κ3) is 3.71. The van der Waals surface area contributed by atoms with E-state index in [1.165, 1.54) is 7.11 Å². The number of hydrogen-bond acceptors (Lipinski definition) is 7. The number of aromatic nitrogens is 5. The van der Waals surface area contributed by atoms with Crippen LogP contribution in [0.2, 0.25) is 0 Å². The van der Waals surface area contributed by atoms with Gasteiger partial charge in [-0.3, -0.25) is 5.10 Å². The highest BCUT2D eigenvalue weighted by molar-refractivity contribution is 5.82. The van der Waals surface area contributed by atoms with Crippen LogP contribution in [0, 0.1) is 0 Å². The van der Waals surface area contributed by atoms with Gasteiger partial charge < -0.3 is 19.8 Å². The Labute approximate surface area is 153 Å². The fourth-order valence-corrected chi connectivity index (χ4v) is 2.52. The van der Waals surface area contributed by atoms with Gasteiger partial charge in [0.05, 0.1) is 18.8 Å². The first-order valence-corrected chi connectivity index (χ1v) is 8.14. The number of methoxy groups -OCH3 is 1. The molecule has 0 atom stereocenters. The summed E-state index contributed by atoms with van der Waals surface area (Å²) < 4.78 is 9.86. The van der Waals surface area contributed by atoms with Crippen molar-refractivity contribution in [1.29, 1.82) is 0 Å². The number of aromatic amines is 2. The number of carbonyl (C=O) groups is 1. The maximum atomic E-state index is 11.1. The fraction of sp³-hybridized carbons (Fsp3) is 0.111. The maximum Gasteiger partial charge on any atom is 0.343 e. The summed E-state index contributed by atoms with van der Waals surface area (Å²) >= 11 is 0. The summed E-state index contributed by atoms with van der Waals surface area (Å²) in [7, 11) is 1.32. The van der Waals surface area contributed by atoms with E-state index in [9.17, 15) is 4.79 Å². The van der Waals surface area contributed by atoms with Crippen molar-refractivity contribution in [2.45, 2.75) is 0 Å². The fourth-order valence-electron chi connectivity index (χ4n) is 2.52. The van der Waals surface area contributed by atoms with Crippen LogP contribution in [0.3, 0.4) is 0 Å². The van der Waals surface area contributed by atoms with E-state index in [0.717, 1.165) is 22.2 Å². The molecule has 4 rings (SSSR count). The molecular weight excluding hydrogens is 348 g/mol. The molecule has 0 aliphatic rings. The van der Waals surface area contributed by atoms with E-state index in [0.29, 0.717) is 17.5 Å². The van der Waals surface area contributed by atoms with Crippen LogP contribution in [0.5, 0.6) is 5.75 Å². The predicted octanol–water partition coefficient (Wildman–Crippen LogP) is 2.64. The average molecular weight is 364 g/mol. The lowest BCUT2D eigenvalue weighted by molar-refractivity contribution is -0.142. The van der Waals surface area contributed by atoms with Gasteiger partial charge >= 0.3 is 5.97 Å². The normalized spacial score (nSPS) is 10.7. The first-order chi connectivity index (χ1) is 13.2. The van der Waals surface area contributed by atoms with E-state index in [1.54, 1.807) is 18.3 Å². The molecule has 2 heterocycles. The topological polar surface area (TPSA) is 118 Å². The monoisotopic (exact) mass is 364 g/mol. The van der Waals surface area contributed by atoms with Gasteiger partial charge in [0.1, 0.15) is 5.75 Å². The van der Waals surface area contributed by atoms with Gasteiger partial charge in [0.25, 0.3) is 0 Å². The number of esters is 1. The predicted molar refractivity (Wildman–Crippen MR) is 98.7 cm³/mol. The van der Waals surface area contributed by atoms with E-state index < -0.39 is 5.97 Å². The Balaban J connectivity index is 1.44. The molecule has 9 heteroatoms. The van der Waals surface area contributed by atoms with Gasteiger partial charge in [-0.2, -0.15) is 5.10 Å². The molecule has 2 aromatic carbocycles. The van der Waals surface area contributed by atoms with Gasteiger partial charge in [0.2, 0.25) is 5.95 Å². The van der Waals surface area contributed by atoms with Crippen molar-refractivity contribution < 1.29 is 14.3 Å². The summed E-state index contributed by atoms with van der Waals surface area (Å²) in [5.41, 5.74) is 2.68. The zero-order chi connectivity index (χ0) is 18.6. The second-order valence-corrected chi connectivity index (χ2v) is 5.71. The molecule has 0 radical (unpaired) electrons. The number of carbonyl (C=O) groups excluding carboxylic acids is 1. The average Bonchev–Trinajstić information content (AvgIpc) is 3.35. The number of ether oxygens (including phenoxy) is 2. The highest BCUT2D eigenvalue weighted by atomic mass is 16.6. The molecule has 4 aromatic rings. The lowest BCUT2D eigenvalue weighted by atomic mass is 10.2. The van der Waals surface area contributed by atoms with Crippen LogP contribution in [-0.4, -0.2) is 45.1 Å². The Morgan fingerprint density at radius 2 is 2.00 bits per heavy atom. The maximum absolute atomic E-state index is 11.1. The number of rotatable bonds is 6. The summed E-state index contributed by atoms with van der Waals surface area (Å²) in [6.45, 7) is -0.132. The van der Waals surface area contributed by atoms with Crippen LogP contribution in [0.25, 0.3) is 22.3 Å². The molecule has 9 nitrogen and oxygen atoms in total. The van der Waals surface area contributed by atoms with E-state index in [4.69, 9.17) is 4.74 Å². The molecule has 0 fully saturated rings. The number of nitrogens with zero attached hydrogens (tertiary/aromatic N) is 3. The molecule has 0 unspecified atom stereocenters. The number of H-pyrrole nitrogens is 2. The molecule has 0 spiro atoms. The zero-order valence-electron chi connectivity index (χ0n) is 14.4. The third-order valence-corrected chi connectivity index (χ3v) is 3.90. The standard InChI is InChI=1S/C18H16N6O3/c1-26-16(25)10-27-14-5-2-11(3-6-14)17-21-18(24-23-17)20-13-4-7-15-12(8-13)9-19-22-15/h2-9H,10H2,1H3,(H,19,22)(H2,20,21,23,24). The number of hydrogen-bond donors (Lipinski definition) is 3. The van der Waals surface area contributed by atoms with Gasteiger partial charge in [-0.25, -0.2) is 4.79 Å². The Morgan fingerprint density at radius 3 is 2.81 bits per heavy atom. The summed E-state index contributed by atoms with van der Waals surface area (Å²) in [5, 5.41) is 19.4. The summed E-state index contributed by atoms with van der Waals surface area (Å²) in [6, 6.07) is 13.0. The number of fused-ring (bicyclic) bond motifs is 1. The molecule has 136 valence electrons. The van der Waals surface area contributed by atoms with Crippen LogP contribution >= 0.6 is 0 Å². The summed E-state index contributed by atoms with van der Waals surface area (Å²) in [5.74, 6) is 1.27.